The number of carbonyl (C=O) groups is 1. The van der Waals surface area contributed by atoms with Crippen molar-refractivity contribution in [1.29, 1.82) is 0 Å². The van der Waals surface area contributed by atoms with E-state index in [0.29, 0.717) is 6.42 Å². The number of ether oxygens (including phenoxy) is 1. The van der Waals surface area contributed by atoms with Crippen LogP contribution in [0.15, 0.2) is 30.3 Å². The summed E-state index contributed by atoms with van der Waals surface area (Å²) in [5, 5.41) is -0.0857. The van der Waals surface area contributed by atoms with Gasteiger partial charge in [0.15, 0.2) is 0 Å². The third-order valence-corrected chi connectivity index (χ3v) is 2.39. The molecule has 0 saturated heterocycles. The minimum Gasteiger partial charge on any atom is -0.463 e. The molecule has 0 N–H and O–H groups in total. The predicted molar refractivity (Wildman–Crippen MR) is 64.0 cm³/mol. The summed E-state index contributed by atoms with van der Waals surface area (Å²) in [5.41, 5.74) is 1.04. The molecule has 1 rings (SSSR count). The summed E-state index contributed by atoms with van der Waals surface area (Å²) >= 11 is 4.38. The molecule has 0 amide bonds. The molecule has 2 nitrogen and oxygen atoms in total. The number of hydrogen-bond acceptors (Lipinski definition) is 3. The van der Waals surface area contributed by atoms with E-state index in [2.05, 4.69) is 12.6 Å². The molecule has 0 fully saturated rings. The Balaban J connectivity index is 2.49. The van der Waals surface area contributed by atoms with Gasteiger partial charge in [0, 0.05) is 5.25 Å². The number of rotatable bonds is 4. The lowest BCUT2D eigenvalue weighted by molar-refractivity contribution is -0.147. The molecule has 1 aromatic carbocycles. The van der Waals surface area contributed by atoms with Crippen molar-refractivity contribution in [2.24, 2.45) is 0 Å². The van der Waals surface area contributed by atoms with Gasteiger partial charge in [-0.15, -0.1) is 0 Å². The second-order valence-corrected chi connectivity index (χ2v) is 4.29. The standard InChI is InChI=1S/C12H16O2S/c1-9(2)14-12(13)8-11(15)10-6-4-3-5-7-10/h3-7,9,11,15H,8H2,1-2H3. The normalized spacial score (nSPS) is 12.5. The van der Waals surface area contributed by atoms with Crippen LogP contribution in [0.2, 0.25) is 0 Å². The Morgan fingerprint density at radius 2 is 1.93 bits per heavy atom. The zero-order valence-electron chi connectivity index (χ0n) is 9.01. The summed E-state index contributed by atoms with van der Waals surface area (Å²) in [6.45, 7) is 3.68. The smallest absolute Gasteiger partial charge is 0.307 e. The molecule has 1 aromatic rings. The molecule has 0 saturated carbocycles. The molecule has 15 heavy (non-hydrogen) atoms. The molecule has 82 valence electrons. The molecule has 0 aliphatic heterocycles. The fourth-order valence-corrected chi connectivity index (χ4v) is 1.58. The van der Waals surface area contributed by atoms with E-state index >= 15 is 0 Å². The first kappa shape index (κ1) is 12.1. The van der Waals surface area contributed by atoms with Gasteiger partial charge in [-0.1, -0.05) is 30.3 Å². The summed E-state index contributed by atoms with van der Waals surface area (Å²) < 4.78 is 5.05. The van der Waals surface area contributed by atoms with E-state index in [1.54, 1.807) is 0 Å². The van der Waals surface area contributed by atoms with Crippen molar-refractivity contribution in [3.05, 3.63) is 35.9 Å². The Bertz CT molecular complexity index is 309. The summed E-state index contributed by atoms with van der Waals surface area (Å²) in [6, 6.07) is 9.73. The maximum Gasteiger partial charge on any atom is 0.307 e. The Labute approximate surface area is 96.1 Å². The summed E-state index contributed by atoms with van der Waals surface area (Å²) in [5.74, 6) is -0.200. The monoisotopic (exact) mass is 224 g/mol. The van der Waals surface area contributed by atoms with Crippen LogP contribution in [0.25, 0.3) is 0 Å². The lowest BCUT2D eigenvalue weighted by atomic mass is 10.1. The third-order valence-electron chi connectivity index (χ3n) is 1.91. The Morgan fingerprint density at radius 1 is 1.33 bits per heavy atom. The van der Waals surface area contributed by atoms with Crippen molar-refractivity contribution in [2.75, 3.05) is 0 Å². The average Bonchev–Trinajstić information content (AvgIpc) is 2.17. The molecule has 3 heteroatoms. The van der Waals surface area contributed by atoms with Crippen molar-refractivity contribution >= 4 is 18.6 Å². The van der Waals surface area contributed by atoms with Crippen molar-refractivity contribution in [1.82, 2.24) is 0 Å². The molecule has 0 heterocycles. The maximum atomic E-state index is 11.4. The molecular weight excluding hydrogens is 208 g/mol. The first-order chi connectivity index (χ1) is 7.09. The van der Waals surface area contributed by atoms with Crippen LogP contribution in [0.3, 0.4) is 0 Å². The van der Waals surface area contributed by atoms with Gasteiger partial charge in [-0.05, 0) is 19.4 Å². The maximum absolute atomic E-state index is 11.4. The van der Waals surface area contributed by atoms with Gasteiger partial charge >= 0.3 is 5.97 Å². The molecule has 0 bridgehead atoms. The highest BCUT2D eigenvalue weighted by molar-refractivity contribution is 7.80. The van der Waals surface area contributed by atoms with Gasteiger partial charge in [0.05, 0.1) is 12.5 Å². The number of esters is 1. The van der Waals surface area contributed by atoms with E-state index in [1.165, 1.54) is 0 Å². The molecule has 1 atom stereocenters. The second-order valence-electron chi connectivity index (χ2n) is 3.67. The van der Waals surface area contributed by atoms with Gasteiger partial charge in [0.25, 0.3) is 0 Å². The predicted octanol–water partition coefficient (Wildman–Crippen LogP) is 3.00. The Morgan fingerprint density at radius 3 is 2.47 bits per heavy atom. The number of carbonyl (C=O) groups excluding carboxylic acids is 1. The van der Waals surface area contributed by atoms with Gasteiger partial charge in [0.2, 0.25) is 0 Å². The number of benzene rings is 1. The van der Waals surface area contributed by atoms with Gasteiger partial charge < -0.3 is 4.74 Å². The highest BCUT2D eigenvalue weighted by Gasteiger charge is 2.13. The highest BCUT2D eigenvalue weighted by atomic mass is 32.1. The summed E-state index contributed by atoms with van der Waals surface area (Å²) in [4.78, 5) is 11.4. The highest BCUT2D eigenvalue weighted by Crippen LogP contribution is 2.23. The van der Waals surface area contributed by atoms with Crippen LogP contribution >= 0.6 is 12.6 Å². The van der Waals surface area contributed by atoms with E-state index in [1.807, 2.05) is 44.2 Å². The van der Waals surface area contributed by atoms with Gasteiger partial charge in [0.1, 0.15) is 0 Å². The lowest BCUT2D eigenvalue weighted by Crippen LogP contribution is -2.12. The lowest BCUT2D eigenvalue weighted by Gasteiger charge is -2.12. The minimum absolute atomic E-state index is 0.0613. The Kier molecular flexibility index (Phi) is 4.69. The van der Waals surface area contributed by atoms with Gasteiger partial charge in [-0.3, -0.25) is 4.79 Å². The van der Waals surface area contributed by atoms with Crippen molar-refractivity contribution in [3.63, 3.8) is 0 Å². The molecule has 0 aliphatic carbocycles. The van der Waals surface area contributed by atoms with E-state index in [9.17, 15) is 4.79 Å². The molecule has 0 radical (unpaired) electrons. The molecule has 0 aliphatic rings. The SMILES string of the molecule is CC(C)OC(=O)CC(S)c1ccccc1. The van der Waals surface area contributed by atoms with Crippen LogP contribution in [0.5, 0.6) is 0 Å². The average molecular weight is 224 g/mol. The van der Waals surface area contributed by atoms with Crippen LogP contribution < -0.4 is 0 Å². The van der Waals surface area contributed by atoms with Crippen LogP contribution in [-0.4, -0.2) is 12.1 Å². The summed E-state index contributed by atoms with van der Waals surface area (Å²) in [7, 11) is 0. The minimum atomic E-state index is -0.200. The zero-order valence-corrected chi connectivity index (χ0v) is 9.91. The van der Waals surface area contributed by atoms with Crippen LogP contribution in [0, 0.1) is 0 Å². The van der Waals surface area contributed by atoms with Gasteiger partial charge in [-0.2, -0.15) is 12.6 Å². The largest absolute Gasteiger partial charge is 0.463 e. The number of thiol groups is 1. The first-order valence-corrected chi connectivity index (χ1v) is 5.53. The second kappa shape index (κ2) is 5.81. The molecule has 0 aromatic heterocycles. The van der Waals surface area contributed by atoms with E-state index in [4.69, 9.17) is 4.74 Å². The van der Waals surface area contributed by atoms with Crippen LogP contribution in [0.1, 0.15) is 31.1 Å². The van der Waals surface area contributed by atoms with Crippen molar-refractivity contribution < 1.29 is 9.53 Å². The van der Waals surface area contributed by atoms with Crippen molar-refractivity contribution in [3.8, 4) is 0 Å². The fraction of sp³-hybridized carbons (Fsp3) is 0.417. The molecular formula is C12H16O2S. The summed E-state index contributed by atoms with van der Waals surface area (Å²) in [6.07, 6.45) is 0.250. The fourth-order valence-electron chi connectivity index (χ4n) is 1.26. The van der Waals surface area contributed by atoms with Crippen LogP contribution in [-0.2, 0) is 9.53 Å². The Hall–Kier alpha value is -0.960. The zero-order chi connectivity index (χ0) is 11.3. The molecule has 1 unspecified atom stereocenters. The van der Waals surface area contributed by atoms with Crippen LogP contribution in [0.4, 0.5) is 0 Å². The topological polar surface area (TPSA) is 26.3 Å². The van der Waals surface area contributed by atoms with E-state index < -0.39 is 0 Å². The van der Waals surface area contributed by atoms with Crippen molar-refractivity contribution in [2.45, 2.75) is 31.6 Å². The molecule has 0 spiro atoms. The quantitative estimate of drug-likeness (QED) is 0.628. The van der Waals surface area contributed by atoms with E-state index in [-0.39, 0.29) is 17.3 Å². The van der Waals surface area contributed by atoms with Gasteiger partial charge in [-0.25, -0.2) is 0 Å². The van der Waals surface area contributed by atoms with E-state index in [0.717, 1.165) is 5.56 Å². The number of hydrogen-bond donors (Lipinski definition) is 1. The third kappa shape index (κ3) is 4.38. The first-order valence-electron chi connectivity index (χ1n) is 5.02.